The van der Waals surface area contributed by atoms with Gasteiger partial charge in [-0.2, -0.15) is 4.39 Å². The van der Waals surface area contributed by atoms with Gasteiger partial charge in [-0.15, -0.1) is 0 Å². The third-order valence-electron chi connectivity index (χ3n) is 5.09. The number of nitrogens with zero attached hydrogens (tertiary/aromatic N) is 4. The Balaban J connectivity index is 1.61. The molecule has 7 nitrogen and oxygen atoms in total. The molecule has 0 unspecified atom stereocenters. The van der Waals surface area contributed by atoms with Gasteiger partial charge in [0.05, 0.1) is 17.6 Å². The fraction of sp³-hybridized carbons (Fsp3) is 0.200. The van der Waals surface area contributed by atoms with Gasteiger partial charge in [-0.05, 0) is 30.2 Å². The maximum Gasteiger partial charge on any atom is 0.223 e. The molecule has 140 valence electrons. The fourth-order valence-corrected chi connectivity index (χ4v) is 3.72. The molecule has 0 spiro atoms. The second-order valence-electron chi connectivity index (χ2n) is 6.90. The summed E-state index contributed by atoms with van der Waals surface area (Å²) in [6, 6.07) is 8.84. The zero-order valence-electron chi connectivity index (χ0n) is 14.9. The normalized spacial score (nSPS) is 14.5. The monoisotopic (exact) mass is 376 g/mol. The van der Waals surface area contributed by atoms with E-state index in [-0.39, 0.29) is 5.91 Å². The van der Waals surface area contributed by atoms with Gasteiger partial charge in [0.25, 0.3) is 0 Å². The second kappa shape index (κ2) is 6.26. The molecule has 0 atom stereocenters. The Labute approximate surface area is 159 Å². The van der Waals surface area contributed by atoms with Crippen LogP contribution in [0.3, 0.4) is 0 Å². The maximum absolute atomic E-state index is 14.0. The number of hydrogen-bond acceptors (Lipinski definition) is 5. The van der Waals surface area contributed by atoms with E-state index in [4.69, 9.17) is 5.73 Å². The Morgan fingerprint density at radius 1 is 1.25 bits per heavy atom. The van der Waals surface area contributed by atoms with Gasteiger partial charge in [-0.1, -0.05) is 12.1 Å². The number of nitrogen functional groups attached to an aromatic ring is 1. The number of halogens is 1. The summed E-state index contributed by atoms with van der Waals surface area (Å²) in [5, 5.41) is 0.837. The first-order chi connectivity index (χ1) is 13.6. The van der Waals surface area contributed by atoms with Crippen molar-refractivity contribution < 1.29 is 9.18 Å². The number of carbonyl (C=O) groups is 1. The van der Waals surface area contributed by atoms with Crippen molar-refractivity contribution in [2.45, 2.75) is 19.4 Å². The molecular formula is C20H17FN6O. The van der Waals surface area contributed by atoms with Crippen molar-refractivity contribution in [2.24, 2.45) is 0 Å². The lowest BCUT2D eigenvalue weighted by atomic mass is 10.0. The van der Waals surface area contributed by atoms with E-state index in [9.17, 15) is 9.18 Å². The van der Waals surface area contributed by atoms with Crippen molar-refractivity contribution in [3.8, 4) is 11.1 Å². The Morgan fingerprint density at radius 2 is 2.14 bits per heavy atom. The van der Waals surface area contributed by atoms with Crippen LogP contribution in [0, 0.1) is 5.95 Å². The third-order valence-corrected chi connectivity index (χ3v) is 5.09. The average Bonchev–Trinajstić information content (AvgIpc) is 3.29. The van der Waals surface area contributed by atoms with Gasteiger partial charge in [0.1, 0.15) is 11.3 Å². The minimum absolute atomic E-state index is 0.138. The van der Waals surface area contributed by atoms with E-state index in [2.05, 4.69) is 19.9 Å². The molecule has 0 radical (unpaired) electrons. The van der Waals surface area contributed by atoms with E-state index in [0.29, 0.717) is 46.8 Å². The Bertz CT molecular complexity index is 1230. The first-order valence-corrected chi connectivity index (χ1v) is 9.06. The van der Waals surface area contributed by atoms with E-state index < -0.39 is 5.95 Å². The highest BCUT2D eigenvalue weighted by Gasteiger charge is 2.22. The van der Waals surface area contributed by atoms with Crippen LogP contribution in [0.15, 0.2) is 36.5 Å². The van der Waals surface area contributed by atoms with E-state index in [0.717, 1.165) is 23.9 Å². The zero-order valence-corrected chi connectivity index (χ0v) is 14.9. The maximum atomic E-state index is 14.0. The summed E-state index contributed by atoms with van der Waals surface area (Å²) in [5.41, 5.74) is 9.19. The molecule has 0 bridgehead atoms. The van der Waals surface area contributed by atoms with Crippen molar-refractivity contribution in [2.75, 3.05) is 12.3 Å². The summed E-state index contributed by atoms with van der Waals surface area (Å²) in [4.78, 5) is 29.7. The van der Waals surface area contributed by atoms with E-state index in [1.807, 2.05) is 12.1 Å². The quantitative estimate of drug-likeness (QED) is 0.535. The number of likely N-dealkylation sites (tertiary alicyclic amines) is 1. The van der Waals surface area contributed by atoms with Gasteiger partial charge in [0.15, 0.2) is 5.82 Å². The molecule has 0 saturated carbocycles. The Morgan fingerprint density at radius 3 is 2.93 bits per heavy atom. The van der Waals surface area contributed by atoms with E-state index in [1.165, 1.54) is 6.20 Å². The van der Waals surface area contributed by atoms with Crippen LogP contribution >= 0.6 is 0 Å². The van der Waals surface area contributed by atoms with E-state index >= 15 is 0 Å². The minimum Gasteiger partial charge on any atom is -0.382 e. The predicted molar refractivity (Wildman–Crippen MR) is 104 cm³/mol. The highest BCUT2D eigenvalue weighted by Crippen LogP contribution is 2.30. The molecule has 1 fully saturated rings. The number of carbonyl (C=O) groups excluding carboxylic acids is 1. The van der Waals surface area contributed by atoms with Gasteiger partial charge in [0.2, 0.25) is 11.9 Å². The number of nitrogens with two attached hydrogens (primary N) is 1. The van der Waals surface area contributed by atoms with Gasteiger partial charge in [-0.3, -0.25) is 4.79 Å². The second-order valence-corrected chi connectivity index (χ2v) is 6.90. The number of rotatable bonds is 3. The summed E-state index contributed by atoms with van der Waals surface area (Å²) >= 11 is 0. The van der Waals surface area contributed by atoms with Gasteiger partial charge in [0, 0.05) is 30.1 Å². The fourth-order valence-electron chi connectivity index (χ4n) is 3.72. The van der Waals surface area contributed by atoms with Crippen LogP contribution in [-0.2, 0) is 11.3 Å². The molecule has 3 aromatic heterocycles. The molecule has 1 amide bonds. The van der Waals surface area contributed by atoms with Gasteiger partial charge >= 0.3 is 0 Å². The van der Waals surface area contributed by atoms with Crippen LogP contribution < -0.4 is 5.73 Å². The van der Waals surface area contributed by atoms with Gasteiger partial charge < -0.3 is 15.6 Å². The molecular weight excluding hydrogens is 359 g/mol. The number of fused-ring (bicyclic) bond motifs is 3. The first-order valence-electron chi connectivity index (χ1n) is 9.06. The molecule has 0 aliphatic carbocycles. The largest absolute Gasteiger partial charge is 0.382 e. The predicted octanol–water partition coefficient (Wildman–Crippen LogP) is 3.02. The van der Waals surface area contributed by atoms with Crippen molar-refractivity contribution in [1.29, 1.82) is 0 Å². The van der Waals surface area contributed by atoms with Crippen molar-refractivity contribution >= 4 is 33.7 Å². The highest BCUT2D eigenvalue weighted by molar-refractivity contribution is 6.07. The van der Waals surface area contributed by atoms with Crippen LogP contribution in [0.5, 0.6) is 0 Å². The highest BCUT2D eigenvalue weighted by atomic mass is 19.1. The minimum atomic E-state index is -0.532. The lowest BCUT2D eigenvalue weighted by Gasteiger charge is -2.12. The Hall–Kier alpha value is -3.55. The number of hydrogen-bond donors (Lipinski definition) is 2. The molecule has 1 aromatic carbocycles. The molecule has 4 aromatic rings. The van der Waals surface area contributed by atoms with E-state index in [1.54, 1.807) is 23.1 Å². The number of H-pyrrole nitrogens is 1. The number of aromatic amines is 1. The van der Waals surface area contributed by atoms with Crippen molar-refractivity contribution in [3.05, 3.63) is 48.3 Å². The number of imidazole rings is 1. The SMILES string of the molecule is Nc1nc2cc(-c3cccnc3F)ccc2c2[nH]c(CN3CCCC3=O)nc12. The standard InChI is InChI=1S/C20H17FN6O/c21-19-12(3-1-7-23-19)11-5-6-13-14(9-11)24-20(22)18-17(13)25-15(26-18)10-27-8-2-4-16(27)28/h1,3,5-7,9H,2,4,8,10H2,(H2,22,24)(H,25,26). The molecule has 3 N–H and O–H groups in total. The summed E-state index contributed by atoms with van der Waals surface area (Å²) in [6.45, 7) is 1.16. The number of benzene rings is 1. The number of amides is 1. The molecule has 1 saturated heterocycles. The van der Waals surface area contributed by atoms with Crippen molar-refractivity contribution in [1.82, 2.24) is 24.8 Å². The van der Waals surface area contributed by atoms with Gasteiger partial charge in [-0.25, -0.2) is 15.0 Å². The molecule has 1 aliphatic rings. The summed E-state index contributed by atoms with van der Waals surface area (Å²) in [7, 11) is 0. The third kappa shape index (κ3) is 2.65. The number of pyridine rings is 2. The van der Waals surface area contributed by atoms with Crippen molar-refractivity contribution in [3.63, 3.8) is 0 Å². The van der Waals surface area contributed by atoms with Crippen LogP contribution in [0.25, 0.3) is 33.1 Å². The lowest BCUT2D eigenvalue weighted by molar-refractivity contribution is -0.128. The van der Waals surface area contributed by atoms with Crippen LogP contribution in [0.4, 0.5) is 10.2 Å². The smallest absolute Gasteiger partial charge is 0.223 e. The van der Waals surface area contributed by atoms with Crippen LogP contribution in [0.2, 0.25) is 0 Å². The topological polar surface area (TPSA) is 101 Å². The zero-order chi connectivity index (χ0) is 19.3. The number of anilines is 1. The molecule has 1 aliphatic heterocycles. The molecule has 8 heteroatoms. The first kappa shape index (κ1) is 16.6. The average molecular weight is 376 g/mol. The summed E-state index contributed by atoms with van der Waals surface area (Å²) in [5.74, 6) is 0.574. The molecule has 5 rings (SSSR count). The number of nitrogens with one attached hydrogen (secondary N) is 1. The van der Waals surface area contributed by atoms with Crippen LogP contribution in [0.1, 0.15) is 18.7 Å². The summed E-state index contributed by atoms with van der Waals surface area (Å²) < 4.78 is 14.0. The summed E-state index contributed by atoms with van der Waals surface area (Å²) in [6.07, 6.45) is 2.87. The van der Waals surface area contributed by atoms with Crippen LogP contribution in [-0.4, -0.2) is 37.3 Å². The Kier molecular flexibility index (Phi) is 3.71. The number of aromatic nitrogens is 4. The molecule has 28 heavy (non-hydrogen) atoms. The molecule has 4 heterocycles. The lowest BCUT2D eigenvalue weighted by Crippen LogP contribution is -2.24.